The lowest BCUT2D eigenvalue weighted by Crippen LogP contribution is -1.94. The molecule has 1 heterocycles. The van der Waals surface area contributed by atoms with E-state index in [0.717, 1.165) is 16.6 Å². The molecule has 0 atom stereocenters. The summed E-state index contributed by atoms with van der Waals surface area (Å²) in [6.45, 7) is 0. The van der Waals surface area contributed by atoms with Crippen molar-refractivity contribution < 1.29 is 4.84 Å². The third kappa shape index (κ3) is 1.12. The summed E-state index contributed by atoms with van der Waals surface area (Å²) in [6.07, 6.45) is 1.77. The van der Waals surface area contributed by atoms with E-state index in [2.05, 4.69) is 15.7 Å². The van der Waals surface area contributed by atoms with Gasteiger partial charge in [-0.25, -0.2) is 0 Å². The summed E-state index contributed by atoms with van der Waals surface area (Å²) in [7, 11) is 1.58. The molecule has 0 saturated carbocycles. The van der Waals surface area contributed by atoms with E-state index in [0.29, 0.717) is 0 Å². The third-order valence-electron chi connectivity index (χ3n) is 1.66. The third-order valence-corrected chi connectivity index (χ3v) is 1.66. The number of benzene rings is 1. The fourth-order valence-corrected chi connectivity index (χ4v) is 1.12. The van der Waals surface area contributed by atoms with E-state index in [1.54, 1.807) is 13.3 Å². The van der Waals surface area contributed by atoms with Crippen molar-refractivity contribution in [1.29, 1.82) is 0 Å². The highest BCUT2D eigenvalue weighted by molar-refractivity contribution is 5.81. The summed E-state index contributed by atoms with van der Waals surface area (Å²) in [5.74, 6) is 0. The molecule has 4 nitrogen and oxygen atoms in total. The zero-order valence-electron chi connectivity index (χ0n) is 6.66. The summed E-state index contributed by atoms with van der Waals surface area (Å²) in [4.78, 5) is 4.77. The largest absolute Gasteiger partial charge is 0.279 e. The number of aromatic amines is 1. The smallest absolute Gasteiger partial charge is 0.0651 e. The molecule has 0 aliphatic heterocycles. The molecule has 0 aliphatic rings. The van der Waals surface area contributed by atoms with Crippen LogP contribution in [-0.4, -0.2) is 17.3 Å². The van der Waals surface area contributed by atoms with Crippen LogP contribution in [0.25, 0.3) is 10.9 Å². The molecule has 1 aromatic heterocycles. The molecule has 2 aromatic rings. The average Bonchev–Trinajstić information content (AvgIpc) is 2.51. The molecule has 62 valence electrons. The summed E-state index contributed by atoms with van der Waals surface area (Å²) in [5, 5.41) is 7.85. The van der Waals surface area contributed by atoms with Crippen molar-refractivity contribution in [3.63, 3.8) is 0 Å². The lowest BCUT2D eigenvalue weighted by atomic mass is 10.2. The molecular formula is C8H9N3O. The standard InChI is InChI=1S/C8H9N3O/c1-12-11-7-2-3-8-6(4-7)5-9-10-8/h2-5,11H,1H3,(H,9,10). The van der Waals surface area contributed by atoms with Crippen LogP contribution in [0.15, 0.2) is 24.4 Å². The summed E-state index contributed by atoms with van der Waals surface area (Å²) in [6, 6.07) is 5.83. The average molecular weight is 163 g/mol. The van der Waals surface area contributed by atoms with Gasteiger partial charge in [-0.2, -0.15) is 5.10 Å². The number of hydrogen-bond donors (Lipinski definition) is 2. The fraction of sp³-hybridized carbons (Fsp3) is 0.125. The predicted molar refractivity (Wildman–Crippen MR) is 46.7 cm³/mol. The Morgan fingerprint density at radius 1 is 1.50 bits per heavy atom. The molecule has 0 unspecified atom stereocenters. The molecular weight excluding hydrogens is 154 g/mol. The molecule has 0 spiro atoms. The molecule has 0 fully saturated rings. The summed E-state index contributed by atoms with van der Waals surface area (Å²) >= 11 is 0. The quantitative estimate of drug-likeness (QED) is 0.660. The van der Waals surface area contributed by atoms with E-state index in [9.17, 15) is 0 Å². The van der Waals surface area contributed by atoms with Crippen molar-refractivity contribution in [1.82, 2.24) is 10.2 Å². The van der Waals surface area contributed by atoms with Gasteiger partial charge in [-0.05, 0) is 18.2 Å². The summed E-state index contributed by atoms with van der Waals surface area (Å²) in [5.41, 5.74) is 4.70. The first-order chi connectivity index (χ1) is 5.90. The Bertz CT molecular complexity index is 382. The van der Waals surface area contributed by atoms with Gasteiger partial charge in [-0.1, -0.05) is 0 Å². The minimum absolute atomic E-state index is 0.923. The molecule has 4 heteroatoms. The van der Waals surface area contributed by atoms with E-state index in [4.69, 9.17) is 4.84 Å². The van der Waals surface area contributed by atoms with Crippen LogP contribution in [0.1, 0.15) is 0 Å². The van der Waals surface area contributed by atoms with Crippen LogP contribution in [0.3, 0.4) is 0 Å². The van der Waals surface area contributed by atoms with Crippen LogP contribution in [0.5, 0.6) is 0 Å². The number of nitrogens with zero attached hydrogens (tertiary/aromatic N) is 1. The van der Waals surface area contributed by atoms with Crippen molar-refractivity contribution >= 4 is 16.6 Å². The minimum atomic E-state index is 0.923. The normalized spacial score (nSPS) is 10.4. The first-order valence-corrected chi connectivity index (χ1v) is 3.62. The molecule has 2 rings (SSSR count). The number of rotatable bonds is 2. The first-order valence-electron chi connectivity index (χ1n) is 3.62. The Morgan fingerprint density at radius 3 is 3.25 bits per heavy atom. The Morgan fingerprint density at radius 2 is 2.42 bits per heavy atom. The van der Waals surface area contributed by atoms with Crippen molar-refractivity contribution in [3.8, 4) is 0 Å². The number of anilines is 1. The second-order valence-corrected chi connectivity index (χ2v) is 2.48. The van der Waals surface area contributed by atoms with E-state index in [-0.39, 0.29) is 0 Å². The number of H-pyrrole nitrogens is 1. The molecule has 0 radical (unpaired) electrons. The number of aromatic nitrogens is 2. The van der Waals surface area contributed by atoms with Gasteiger partial charge in [0.05, 0.1) is 24.5 Å². The van der Waals surface area contributed by atoms with Gasteiger partial charge in [0.2, 0.25) is 0 Å². The molecule has 1 aromatic carbocycles. The highest BCUT2D eigenvalue weighted by atomic mass is 16.6. The van der Waals surface area contributed by atoms with Gasteiger partial charge in [0.25, 0.3) is 0 Å². The van der Waals surface area contributed by atoms with Gasteiger partial charge in [0.1, 0.15) is 0 Å². The summed E-state index contributed by atoms with van der Waals surface area (Å²) < 4.78 is 0. The van der Waals surface area contributed by atoms with Crippen LogP contribution >= 0.6 is 0 Å². The first kappa shape index (κ1) is 7.12. The van der Waals surface area contributed by atoms with Gasteiger partial charge in [0.15, 0.2) is 0 Å². The Hall–Kier alpha value is -1.55. The highest BCUT2D eigenvalue weighted by Crippen LogP contribution is 2.16. The monoisotopic (exact) mass is 163 g/mol. The topological polar surface area (TPSA) is 49.9 Å². The predicted octanol–water partition coefficient (Wildman–Crippen LogP) is 1.54. The lowest BCUT2D eigenvalue weighted by Gasteiger charge is -2.01. The zero-order valence-corrected chi connectivity index (χ0v) is 6.66. The van der Waals surface area contributed by atoms with Crippen LogP contribution in [0.2, 0.25) is 0 Å². The van der Waals surface area contributed by atoms with Gasteiger partial charge >= 0.3 is 0 Å². The fourth-order valence-electron chi connectivity index (χ4n) is 1.12. The molecule has 0 saturated heterocycles. The highest BCUT2D eigenvalue weighted by Gasteiger charge is 1.95. The van der Waals surface area contributed by atoms with Gasteiger partial charge < -0.3 is 0 Å². The Kier molecular flexibility index (Phi) is 1.68. The van der Waals surface area contributed by atoms with Gasteiger partial charge in [-0.15, -0.1) is 0 Å². The maximum absolute atomic E-state index is 4.77. The second kappa shape index (κ2) is 2.83. The van der Waals surface area contributed by atoms with Gasteiger partial charge in [-0.3, -0.25) is 15.4 Å². The SMILES string of the molecule is CONc1ccc2[nH]ncc2c1. The van der Waals surface area contributed by atoms with E-state index in [1.165, 1.54) is 0 Å². The molecule has 0 aliphatic carbocycles. The van der Waals surface area contributed by atoms with E-state index >= 15 is 0 Å². The van der Waals surface area contributed by atoms with Crippen LogP contribution in [0.4, 0.5) is 5.69 Å². The van der Waals surface area contributed by atoms with E-state index in [1.807, 2.05) is 18.2 Å². The molecule has 2 N–H and O–H groups in total. The number of nitrogens with one attached hydrogen (secondary N) is 2. The second-order valence-electron chi connectivity index (χ2n) is 2.48. The van der Waals surface area contributed by atoms with E-state index < -0.39 is 0 Å². The van der Waals surface area contributed by atoms with Crippen molar-refractivity contribution in [3.05, 3.63) is 24.4 Å². The number of fused-ring (bicyclic) bond motifs is 1. The lowest BCUT2D eigenvalue weighted by molar-refractivity contribution is 0.271. The van der Waals surface area contributed by atoms with Crippen molar-refractivity contribution in [2.45, 2.75) is 0 Å². The maximum Gasteiger partial charge on any atom is 0.0651 e. The van der Waals surface area contributed by atoms with Gasteiger partial charge in [0, 0.05) is 5.39 Å². The Balaban J connectivity index is 2.46. The number of hydrogen-bond acceptors (Lipinski definition) is 3. The van der Waals surface area contributed by atoms with Crippen molar-refractivity contribution in [2.24, 2.45) is 0 Å². The molecule has 0 amide bonds. The van der Waals surface area contributed by atoms with Crippen LogP contribution in [0, 0.1) is 0 Å². The van der Waals surface area contributed by atoms with Crippen molar-refractivity contribution in [2.75, 3.05) is 12.6 Å². The van der Waals surface area contributed by atoms with Crippen LogP contribution in [-0.2, 0) is 4.84 Å². The zero-order chi connectivity index (χ0) is 8.39. The molecule has 0 bridgehead atoms. The van der Waals surface area contributed by atoms with Crippen LogP contribution < -0.4 is 5.48 Å². The maximum atomic E-state index is 4.77. The molecule has 12 heavy (non-hydrogen) atoms. The minimum Gasteiger partial charge on any atom is -0.279 e. The Labute approximate surface area is 69.5 Å².